The van der Waals surface area contributed by atoms with Crippen LogP contribution < -0.4 is 0 Å². The van der Waals surface area contributed by atoms with Gasteiger partial charge in [0.1, 0.15) is 5.82 Å². The van der Waals surface area contributed by atoms with Crippen molar-refractivity contribution in [2.45, 2.75) is 32.2 Å². The molecule has 0 aromatic heterocycles. The summed E-state index contributed by atoms with van der Waals surface area (Å²) in [6.07, 6.45) is 0. The predicted molar refractivity (Wildman–Crippen MR) is 114 cm³/mol. The van der Waals surface area contributed by atoms with Crippen LogP contribution in [0.3, 0.4) is 0 Å². The van der Waals surface area contributed by atoms with Gasteiger partial charge in [0.05, 0.1) is 10.5 Å². The van der Waals surface area contributed by atoms with Crippen molar-refractivity contribution in [3.63, 3.8) is 0 Å². The molecule has 2 aromatic carbocycles. The van der Waals surface area contributed by atoms with Gasteiger partial charge in [0.15, 0.2) is 6.61 Å². The van der Waals surface area contributed by atoms with E-state index in [1.807, 2.05) is 0 Å². The molecule has 2 rings (SSSR count). The van der Waals surface area contributed by atoms with Crippen LogP contribution >= 0.6 is 0 Å². The molecule has 0 fully saturated rings. The van der Waals surface area contributed by atoms with Crippen LogP contribution in [-0.4, -0.2) is 56.2 Å². The molecule has 31 heavy (non-hydrogen) atoms. The molecule has 0 aliphatic rings. The van der Waals surface area contributed by atoms with E-state index in [1.54, 1.807) is 40.0 Å². The molecule has 0 saturated heterocycles. The van der Waals surface area contributed by atoms with Crippen LogP contribution in [0.25, 0.3) is 0 Å². The second-order valence-corrected chi connectivity index (χ2v) is 8.93. The Morgan fingerprint density at radius 3 is 2.23 bits per heavy atom. The smallest absolute Gasteiger partial charge is 0.338 e. The zero-order valence-electron chi connectivity index (χ0n) is 18.1. The minimum atomic E-state index is -3.75. The highest BCUT2D eigenvalue weighted by Gasteiger charge is 2.25. The molecule has 0 atom stereocenters. The molecule has 168 valence electrons. The third kappa shape index (κ3) is 6.11. The van der Waals surface area contributed by atoms with Crippen molar-refractivity contribution in [2.24, 2.45) is 0 Å². The molecule has 1 amide bonds. The molecular weight excluding hydrogens is 423 g/mol. The third-order valence-electron chi connectivity index (χ3n) is 4.83. The minimum Gasteiger partial charge on any atom is -0.452 e. The fraction of sp³-hybridized carbons (Fsp3) is 0.364. The van der Waals surface area contributed by atoms with Crippen molar-refractivity contribution in [3.8, 4) is 0 Å². The number of halogens is 1. The van der Waals surface area contributed by atoms with Crippen LogP contribution in [0.4, 0.5) is 4.39 Å². The van der Waals surface area contributed by atoms with Gasteiger partial charge < -0.3 is 9.64 Å². The van der Waals surface area contributed by atoms with Crippen molar-refractivity contribution >= 4 is 21.9 Å². The molecule has 0 saturated carbocycles. The van der Waals surface area contributed by atoms with Crippen molar-refractivity contribution in [2.75, 3.05) is 26.7 Å². The number of esters is 1. The molecule has 0 radical (unpaired) electrons. The fourth-order valence-corrected chi connectivity index (χ4v) is 4.69. The Balaban J connectivity index is 2.06. The van der Waals surface area contributed by atoms with Gasteiger partial charge in [0, 0.05) is 26.7 Å². The van der Waals surface area contributed by atoms with Crippen LogP contribution in [-0.2, 0) is 26.1 Å². The maximum absolute atomic E-state index is 13.0. The maximum Gasteiger partial charge on any atom is 0.338 e. The highest BCUT2D eigenvalue weighted by Crippen LogP contribution is 2.22. The summed E-state index contributed by atoms with van der Waals surface area (Å²) >= 11 is 0. The van der Waals surface area contributed by atoms with E-state index in [1.165, 1.54) is 39.5 Å². The number of hydrogen-bond acceptors (Lipinski definition) is 5. The van der Waals surface area contributed by atoms with Crippen LogP contribution in [0.1, 0.15) is 35.3 Å². The topological polar surface area (TPSA) is 84.0 Å². The highest BCUT2D eigenvalue weighted by molar-refractivity contribution is 7.89. The minimum absolute atomic E-state index is 0.0328. The molecule has 2 aromatic rings. The number of carbonyl (C=O) groups is 2. The van der Waals surface area contributed by atoms with E-state index < -0.39 is 28.5 Å². The number of ether oxygens (including phenoxy) is 1. The number of nitrogens with zero attached hydrogens (tertiary/aromatic N) is 2. The number of hydrogen-bond donors (Lipinski definition) is 0. The standard InChI is InChI=1S/C22H27FN2O5S/c1-5-25(6-2)31(28,29)20-13-18(10-7-16(20)3)22(27)30-15-21(26)24(4)14-17-8-11-19(23)12-9-17/h7-13H,5-6,14-15H2,1-4H3. The molecule has 0 N–H and O–H groups in total. The van der Waals surface area contributed by atoms with Crippen LogP contribution in [0.15, 0.2) is 47.4 Å². The second-order valence-electron chi connectivity index (χ2n) is 7.02. The first-order valence-corrected chi connectivity index (χ1v) is 11.3. The van der Waals surface area contributed by atoms with E-state index in [0.717, 1.165) is 5.56 Å². The van der Waals surface area contributed by atoms with Gasteiger partial charge in [-0.3, -0.25) is 4.79 Å². The molecule has 9 heteroatoms. The normalized spacial score (nSPS) is 11.4. The lowest BCUT2D eigenvalue weighted by atomic mass is 10.1. The Morgan fingerprint density at radius 2 is 1.65 bits per heavy atom. The number of benzene rings is 2. The van der Waals surface area contributed by atoms with Gasteiger partial charge in [0.25, 0.3) is 5.91 Å². The quantitative estimate of drug-likeness (QED) is 0.549. The third-order valence-corrected chi connectivity index (χ3v) is 7.02. The molecule has 0 unspecified atom stereocenters. The zero-order chi connectivity index (χ0) is 23.2. The molecular formula is C22H27FN2O5S. The average Bonchev–Trinajstić information content (AvgIpc) is 2.74. The summed E-state index contributed by atoms with van der Waals surface area (Å²) in [7, 11) is -2.20. The lowest BCUT2D eigenvalue weighted by Crippen LogP contribution is -2.31. The molecule has 0 aliphatic carbocycles. The SMILES string of the molecule is CCN(CC)S(=O)(=O)c1cc(C(=O)OCC(=O)N(C)Cc2ccc(F)cc2)ccc1C. The van der Waals surface area contributed by atoms with Gasteiger partial charge in [0.2, 0.25) is 10.0 Å². The Labute approximate surface area is 182 Å². The van der Waals surface area contributed by atoms with Crippen LogP contribution in [0.2, 0.25) is 0 Å². The van der Waals surface area contributed by atoms with E-state index in [0.29, 0.717) is 18.7 Å². The zero-order valence-corrected chi connectivity index (χ0v) is 18.9. The summed E-state index contributed by atoms with van der Waals surface area (Å²) in [5, 5.41) is 0. The van der Waals surface area contributed by atoms with E-state index in [2.05, 4.69) is 0 Å². The average molecular weight is 451 g/mol. The number of carbonyl (C=O) groups excluding carboxylic acids is 2. The Morgan fingerprint density at radius 1 is 1.03 bits per heavy atom. The van der Waals surface area contributed by atoms with Crippen LogP contribution in [0.5, 0.6) is 0 Å². The maximum atomic E-state index is 13.0. The van der Waals surface area contributed by atoms with Crippen molar-refractivity contribution in [3.05, 3.63) is 65.0 Å². The van der Waals surface area contributed by atoms with Crippen LogP contribution in [0, 0.1) is 12.7 Å². The monoisotopic (exact) mass is 450 g/mol. The fourth-order valence-electron chi connectivity index (χ4n) is 2.98. The first-order valence-electron chi connectivity index (χ1n) is 9.86. The number of amides is 1. The van der Waals surface area contributed by atoms with Gasteiger partial charge >= 0.3 is 5.97 Å². The summed E-state index contributed by atoms with van der Waals surface area (Å²) in [5.41, 5.74) is 1.29. The van der Waals surface area contributed by atoms with E-state index in [9.17, 15) is 22.4 Å². The van der Waals surface area contributed by atoms with E-state index in [4.69, 9.17) is 4.74 Å². The van der Waals surface area contributed by atoms with Crippen molar-refractivity contribution in [1.82, 2.24) is 9.21 Å². The Kier molecular flexibility index (Phi) is 8.29. The first-order chi connectivity index (χ1) is 14.6. The van der Waals surface area contributed by atoms with E-state index >= 15 is 0 Å². The number of likely N-dealkylation sites (N-methyl/N-ethyl adjacent to an activating group) is 1. The molecule has 0 heterocycles. The van der Waals surface area contributed by atoms with Crippen molar-refractivity contribution < 1.29 is 27.1 Å². The van der Waals surface area contributed by atoms with Gasteiger partial charge in [-0.25, -0.2) is 17.6 Å². The number of sulfonamides is 1. The van der Waals surface area contributed by atoms with Gasteiger partial charge in [-0.1, -0.05) is 32.0 Å². The molecule has 0 bridgehead atoms. The predicted octanol–water partition coefficient (Wildman–Crippen LogP) is 2.98. The van der Waals surface area contributed by atoms with Gasteiger partial charge in [-0.15, -0.1) is 0 Å². The summed E-state index contributed by atoms with van der Waals surface area (Å²) in [4.78, 5) is 26.1. The molecule has 7 nitrogen and oxygen atoms in total. The summed E-state index contributed by atoms with van der Waals surface area (Å²) in [5.74, 6) is -1.60. The Hall–Kier alpha value is -2.78. The lowest BCUT2D eigenvalue weighted by Gasteiger charge is -2.20. The van der Waals surface area contributed by atoms with Gasteiger partial charge in [-0.2, -0.15) is 4.31 Å². The highest BCUT2D eigenvalue weighted by atomic mass is 32.2. The number of aryl methyl sites for hydroxylation is 1. The number of rotatable bonds is 9. The Bertz CT molecular complexity index is 1030. The van der Waals surface area contributed by atoms with E-state index in [-0.39, 0.29) is 22.8 Å². The molecule has 0 aliphatic heterocycles. The summed E-state index contributed by atoms with van der Waals surface area (Å²) in [6.45, 7) is 5.48. The first kappa shape index (κ1) is 24.5. The lowest BCUT2D eigenvalue weighted by molar-refractivity contribution is -0.133. The summed E-state index contributed by atoms with van der Waals surface area (Å²) in [6, 6.07) is 10.0. The summed E-state index contributed by atoms with van der Waals surface area (Å²) < 4.78 is 45.0. The van der Waals surface area contributed by atoms with Crippen molar-refractivity contribution in [1.29, 1.82) is 0 Å². The van der Waals surface area contributed by atoms with Gasteiger partial charge in [-0.05, 0) is 42.3 Å². The molecule has 0 spiro atoms. The second kappa shape index (κ2) is 10.5. The largest absolute Gasteiger partial charge is 0.452 e.